The molecule has 24 heavy (non-hydrogen) atoms. The molecule has 0 aliphatic carbocycles. The van der Waals surface area contributed by atoms with Crippen LogP contribution in [0.25, 0.3) is 0 Å². The number of aryl methyl sites for hydroxylation is 1. The Kier molecular flexibility index (Phi) is 5.63. The number of benzene rings is 1. The number of rotatable bonds is 5. The molecule has 1 aromatic heterocycles. The number of hydrogen-bond donors (Lipinski definition) is 0. The lowest BCUT2D eigenvalue weighted by molar-refractivity contribution is -0.133. The molecular formula is C19H21N3OS. The monoisotopic (exact) mass is 339 g/mol. The van der Waals surface area contributed by atoms with Gasteiger partial charge in [-0.1, -0.05) is 12.1 Å². The van der Waals surface area contributed by atoms with Crippen molar-refractivity contribution in [3.05, 3.63) is 57.8 Å². The van der Waals surface area contributed by atoms with Gasteiger partial charge in [-0.2, -0.15) is 16.6 Å². The molecule has 124 valence electrons. The zero-order chi connectivity index (χ0) is 16.8. The first-order chi connectivity index (χ1) is 11.7. The Morgan fingerprint density at radius 3 is 2.46 bits per heavy atom. The zero-order valence-electron chi connectivity index (χ0n) is 13.6. The van der Waals surface area contributed by atoms with E-state index in [9.17, 15) is 4.79 Å². The minimum Gasteiger partial charge on any atom is -0.340 e. The van der Waals surface area contributed by atoms with E-state index >= 15 is 0 Å². The number of carbonyl (C=O) groups is 1. The first-order valence-corrected chi connectivity index (χ1v) is 9.19. The normalized spacial score (nSPS) is 15.2. The van der Waals surface area contributed by atoms with Crippen molar-refractivity contribution in [3.63, 3.8) is 0 Å². The highest BCUT2D eigenvalue weighted by Crippen LogP contribution is 2.13. The van der Waals surface area contributed by atoms with Gasteiger partial charge >= 0.3 is 0 Å². The van der Waals surface area contributed by atoms with Crippen molar-refractivity contribution in [2.75, 3.05) is 26.2 Å². The Labute approximate surface area is 146 Å². The lowest BCUT2D eigenvalue weighted by atomic mass is 10.1. The predicted molar refractivity (Wildman–Crippen MR) is 95.7 cm³/mol. The van der Waals surface area contributed by atoms with Crippen molar-refractivity contribution >= 4 is 17.2 Å². The van der Waals surface area contributed by atoms with E-state index in [1.165, 1.54) is 11.1 Å². The smallest absolute Gasteiger partial charge is 0.222 e. The lowest BCUT2D eigenvalue weighted by Gasteiger charge is -2.34. The highest BCUT2D eigenvalue weighted by atomic mass is 32.1. The lowest BCUT2D eigenvalue weighted by Crippen LogP contribution is -2.48. The number of thiophene rings is 1. The minimum absolute atomic E-state index is 0.263. The predicted octanol–water partition coefficient (Wildman–Crippen LogP) is 2.90. The SMILES string of the molecule is N#Cc1ccc(CN2CCN(C(=O)CCc3ccsc3)CC2)cc1. The average molecular weight is 339 g/mol. The molecule has 0 atom stereocenters. The van der Waals surface area contributed by atoms with E-state index in [4.69, 9.17) is 5.26 Å². The molecule has 0 unspecified atom stereocenters. The van der Waals surface area contributed by atoms with Crippen LogP contribution in [0.1, 0.15) is 23.1 Å². The van der Waals surface area contributed by atoms with Crippen LogP contribution in [-0.4, -0.2) is 41.9 Å². The second-order valence-corrected chi connectivity index (χ2v) is 6.88. The van der Waals surface area contributed by atoms with Crippen molar-refractivity contribution < 1.29 is 4.79 Å². The van der Waals surface area contributed by atoms with Gasteiger partial charge in [-0.25, -0.2) is 0 Å². The summed E-state index contributed by atoms with van der Waals surface area (Å²) < 4.78 is 0. The molecule has 0 radical (unpaired) electrons. The summed E-state index contributed by atoms with van der Waals surface area (Å²) in [5.74, 6) is 0.263. The van der Waals surface area contributed by atoms with Gasteiger partial charge in [0.15, 0.2) is 0 Å². The fourth-order valence-electron chi connectivity index (χ4n) is 2.94. The summed E-state index contributed by atoms with van der Waals surface area (Å²) >= 11 is 1.68. The Bertz CT molecular complexity index is 695. The number of nitrogens with zero attached hydrogens (tertiary/aromatic N) is 3. The zero-order valence-corrected chi connectivity index (χ0v) is 14.5. The van der Waals surface area contributed by atoms with Gasteiger partial charge in [0, 0.05) is 39.1 Å². The number of nitriles is 1. The summed E-state index contributed by atoms with van der Waals surface area (Å²) in [4.78, 5) is 16.7. The maximum Gasteiger partial charge on any atom is 0.222 e. The molecule has 1 aliphatic rings. The van der Waals surface area contributed by atoms with Crippen molar-refractivity contribution in [3.8, 4) is 6.07 Å². The summed E-state index contributed by atoms with van der Waals surface area (Å²) in [7, 11) is 0. The van der Waals surface area contributed by atoms with E-state index in [0.717, 1.165) is 39.1 Å². The van der Waals surface area contributed by atoms with Gasteiger partial charge in [-0.15, -0.1) is 0 Å². The van der Waals surface area contributed by atoms with Crippen LogP contribution in [0.4, 0.5) is 0 Å². The average Bonchev–Trinajstić information content (AvgIpc) is 3.14. The Balaban J connectivity index is 1.43. The molecule has 3 rings (SSSR count). The Morgan fingerprint density at radius 2 is 1.83 bits per heavy atom. The van der Waals surface area contributed by atoms with Crippen LogP contribution in [0.3, 0.4) is 0 Å². The van der Waals surface area contributed by atoms with Crippen LogP contribution in [0.15, 0.2) is 41.1 Å². The van der Waals surface area contributed by atoms with Gasteiger partial charge in [0.05, 0.1) is 11.6 Å². The van der Waals surface area contributed by atoms with Crippen LogP contribution in [0.5, 0.6) is 0 Å². The van der Waals surface area contributed by atoms with Gasteiger partial charge in [0.1, 0.15) is 0 Å². The molecule has 0 spiro atoms. The molecule has 1 amide bonds. The van der Waals surface area contributed by atoms with Gasteiger partial charge in [0.2, 0.25) is 5.91 Å². The molecule has 2 heterocycles. The van der Waals surface area contributed by atoms with E-state index in [1.807, 2.05) is 29.2 Å². The van der Waals surface area contributed by atoms with Crippen LogP contribution < -0.4 is 0 Å². The summed E-state index contributed by atoms with van der Waals surface area (Å²) in [5.41, 5.74) is 3.17. The van der Waals surface area contributed by atoms with Crippen LogP contribution in [-0.2, 0) is 17.8 Å². The third-order valence-corrected chi connectivity index (χ3v) is 5.15. The van der Waals surface area contributed by atoms with Crippen molar-refractivity contribution in [1.82, 2.24) is 9.80 Å². The molecule has 0 saturated carbocycles. The molecule has 1 aromatic carbocycles. The molecule has 5 heteroatoms. The van der Waals surface area contributed by atoms with E-state index in [0.29, 0.717) is 12.0 Å². The molecule has 4 nitrogen and oxygen atoms in total. The molecule has 1 saturated heterocycles. The number of carbonyl (C=O) groups excluding carboxylic acids is 1. The van der Waals surface area contributed by atoms with Gasteiger partial charge in [-0.05, 0) is 46.5 Å². The summed E-state index contributed by atoms with van der Waals surface area (Å²) in [6, 6.07) is 12.0. The number of hydrogen-bond acceptors (Lipinski definition) is 4. The third-order valence-electron chi connectivity index (χ3n) is 4.42. The van der Waals surface area contributed by atoms with Crippen LogP contribution in [0.2, 0.25) is 0 Å². The second-order valence-electron chi connectivity index (χ2n) is 6.10. The van der Waals surface area contributed by atoms with Crippen molar-refractivity contribution in [1.29, 1.82) is 5.26 Å². The van der Waals surface area contributed by atoms with Gasteiger partial charge < -0.3 is 4.90 Å². The summed E-state index contributed by atoms with van der Waals surface area (Å²) in [6.45, 7) is 4.30. The van der Waals surface area contributed by atoms with E-state index in [-0.39, 0.29) is 5.91 Å². The van der Waals surface area contributed by atoms with E-state index in [2.05, 4.69) is 27.8 Å². The van der Waals surface area contributed by atoms with E-state index < -0.39 is 0 Å². The number of piperazine rings is 1. The Hall–Kier alpha value is -2.16. The number of amides is 1. The Morgan fingerprint density at radius 1 is 1.08 bits per heavy atom. The maximum absolute atomic E-state index is 12.3. The maximum atomic E-state index is 12.3. The van der Waals surface area contributed by atoms with E-state index in [1.54, 1.807) is 11.3 Å². The third kappa shape index (κ3) is 4.44. The molecule has 0 bridgehead atoms. The highest BCUT2D eigenvalue weighted by molar-refractivity contribution is 7.07. The van der Waals surface area contributed by atoms with Crippen LogP contribution >= 0.6 is 11.3 Å². The largest absolute Gasteiger partial charge is 0.340 e. The van der Waals surface area contributed by atoms with Crippen LogP contribution in [0, 0.1) is 11.3 Å². The molecule has 2 aromatic rings. The topological polar surface area (TPSA) is 47.3 Å². The first kappa shape index (κ1) is 16.7. The summed E-state index contributed by atoms with van der Waals surface area (Å²) in [6.07, 6.45) is 1.44. The molecular weight excluding hydrogens is 318 g/mol. The minimum atomic E-state index is 0.263. The summed E-state index contributed by atoms with van der Waals surface area (Å²) in [5, 5.41) is 13.0. The first-order valence-electron chi connectivity index (χ1n) is 8.25. The molecule has 0 N–H and O–H groups in total. The van der Waals surface area contributed by atoms with Gasteiger partial charge in [0.25, 0.3) is 0 Å². The van der Waals surface area contributed by atoms with Crippen molar-refractivity contribution in [2.45, 2.75) is 19.4 Å². The highest BCUT2D eigenvalue weighted by Gasteiger charge is 2.20. The fourth-order valence-corrected chi connectivity index (χ4v) is 3.65. The molecule has 1 aliphatic heterocycles. The van der Waals surface area contributed by atoms with Crippen molar-refractivity contribution in [2.24, 2.45) is 0 Å². The fraction of sp³-hybridized carbons (Fsp3) is 0.368. The molecule has 1 fully saturated rings. The van der Waals surface area contributed by atoms with Gasteiger partial charge in [-0.3, -0.25) is 9.69 Å². The quantitative estimate of drug-likeness (QED) is 0.841. The second kappa shape index (κ2) is 8.09. The standard InChI is InChI=1S/C19H21N3OS/c20-13-16-1-3-17(4-2-16)14-21-8-10-22(11-9-21)19(23)6-5-18-7-12-24-15-18/h1-4,7,12,15H,5-6,8-11,14H2.